The quantitative estimate of drug-likeness (QED) is 0.912. The van der Waals surface area contributed by atoms with Gasteiger partial charge in [-0.1, -0.05) is 0 Å². The summed E-state index contributed by atoms with van der Waals surface area (Å²) in [7, 11) is 0. The number of hydrogen-bond donors (Lipinski definition) is 2. The summed E-state index contributed by atoms with van der Waals surface area (Å²) in [6.45, 7) is 5.94. The Morgan fingerprint density at radius 2 is 2.10 bits per heavy atom. The van der Waals surface area contributed by atoms with Gasteiger partial charge in [-0.3, -0.25) is 10.1 Å². The first-order chi connectivity index (χ1) is 10.1. The molecule has 1 aliphatic rings. The summed E-state index contributed by atoms with van der Waals surface area (Å²) in [6, 6.07) is 0. The Labute approximate surface area is 131 Å². The van der Waals surface area contributed by atoms with Crippen molar-refractivity contribution in [2.24, 2.45) is 0 Å². The van der Waals surface area contributed by atoms with Crippen LogP contribution in [-0.2, 0) is 0 Å². The van der Waals surface area contributed by atoms with Gasteiger partial charge in [-0.25, -0.2) is 9.97 Å². The number of thiazole rings is 2. The SMILES string of the molecule is Cc1nc(C(=O)Nc2ncc(C3CCNCC3)s2)c(C)s1. The highest BCUT2D eigenvalue weighted by atomic mass is 32.1. The van der Waals surface area contributed by atoms with E-state index in [0.29, 0.717) is 16.7 Å². The molecule has 0 radical (unpaired) electrons. The normalized spacial score (nSPS) is 16.1. The van der Waals surface area contributed by atoms with E-state index < -0.39 is 0 Å². The second-order valence-electron chi connectivity index (χ2n) is 5.18. The first-order valence-corrected chi connectivity index (χ1v) is 8.68. The summed E-state index contributed by atoms with van der Waals surface area (Å²) in [6.07, 6.45) is 4.18. The number of aromatic nitrogens is 2. The van der Waals surface area contributed by atoms with Crippen molar-refractivity contribution in [3.63, 3.8) is 0 Å². The summed E-state index contributed by atoms with van der Waals surface area (Å²) < 4.78 is 0. The van der Waals surface area contributed by atoms with Crippen LogP contribution in [0, 0.1) is 13.8 Å². The zero-order valence-corrected chi connectivity index (χ0v) is 13.7. The number of piperidine rings is 1. The maximum atomic E-state index is 12.2. The highest BCUT2D eigenvalue weighted by Crippen LogP contribution is 2.32. The van der Waals surface area contributed by atoms with E-state index in [1.54, 1.807) is 22.7 Å². The number of amides is 1. The van der Waals surface area contributed by atoms with Gasteiger partial charge in [-0.15, -0.1) is 22.7 Å². The molecule has 112 valence electrons. The zero-order valence-electron chi connectivity index (χ0n) is 12.1. The topological polar surface area (TPSA) is 66.9 Å². The van der Waals surface area contributed by atoms with Crippen LogP contribution in [0.1, 0.15) is 44.0 Å². The van der Waals surface area contributed by atoms with Crippen molar-refractivity contribution in [1.82, 2.24) is 15.3 Å². The molecular weight excluding hydrogens is 304 g/mol. The summed E-state index contributed by atoms with van der Waals surface area (Å²) in [5, 5.41) is 7.80. The third-order valence-corrected chi connectivity index (χ3v) is 5.57. The summed E-state index contributed by atoms with van der Waals surface area (Å²) >= 11 is 3.12. The maximum absolute atomic E-state index is 12.2. The van der Waals surface area contributed by atoms with E-state index in [4.69, 9.17) is 0 Å². The van der Waals surface area contributed by atoms with E-state index >= 15 is 0 Å². The molecule has 0 unspecified atom stereocenters. The number of carbonyl (C=O) groups is 1. The average molecular weight is 322 g/mol. The molecule has 0 aliphatic carbocycles. The Morgan fingerprint density at radius 1 is 1.33 bits per heavy atom. The Kier molecular flexibility index (Phi) is 4.32. The van der Waals surface area contributed by atoms with Gasteiger partial charge in [0.2, 0.25) is 0 Å². The highest BCUT2D eigenvalue weighted by molar-refractivity contribution is 7.15. The molecule has 3 rings (SSSR count). The minimum Gasteiger partial charge on any atom is -0.317 e. The van der Waals surface area contributed by atoms with Gasteiger partial charge in [0.15, 0.2) is 5.13 Å². The smallest absolute Gasteiger partial charge is 0.277 e. The van der Waals surface area contributed by atoms with E-state index in [9.17, 15) is 4.79 Å². The molecule has 3 heterocycles. The molecule has 7 heteroatoms. The lowest BCUT2D eigenvalue weighted by Gasteiger charge is -2.20. The van der Waals surface area contributed by atoms with Crippen molar-refractivity contribution in [3.05, 3.63) is 26.7 Å². The molecule has 1 amide bonds. The van der Waals surface area contributed by atoms with Gasteiger partial charge in [-0.05, 0) is 45.7 Å². The number of hydrogen-bond acceptors (Lipinski definition) is 6. The molecule has 0 atom stereocenters. The van der Waals surface area contributed by atoms with E-state index in [1.165, 1.54) is 4.88 Å². The van der Waals surface area contributed by atoms with Crippen molar-refractivity contribution < 1.29 is 4.79 Å². The second kappa shape index (κ2) is 6.21. The second-order valence-corrected chi connectivity index (χ2v) is 7.65. The third-order valence-electron chi connectivity index (χ3n) is 3.60. The van der Waals surface area contributed by atoms with Crippen LogP contribution in [0.25, 0.3) is 0 Å². The summed E-state index contributed by atoms with van der Waals surface area (Å²) in [4.78, 5) is 23.0. The third kappa shape index (κ3) is 3.30. The van der Waals surface area contributed by atoms with Gasteiger partial charge in [0.1, 0.15) is 5.69 Å². The van der Waals surface area contributed by atoms with E-state index in [1.807, 2.05) is 20.0 Å². The molecule has 2 N–H and O–H groups in total. The van der Waals surface area contributed by atoms with Crippen LogP contribution in [0.3, 0.4) is 0 Å². The van der Waals surface area contributed by atoms with Crippen LogP contribution in [-0.4, -0.2) is 29.0 Å². The van der Waals surface area contributed by atoms with Crippen molar-refractivity contribution in [1.29, 1.82) is 0 Å². The van der Waals surface area contributed by atoms with Gasteiger partial charge in [0.05, 0.1) is 5.01 Å². The molecule has 2 aromatic heterocycles. The number of rotatable bonds is 3. The van der Waals surface area contributed by atoms with Crippen molar-refractivity contribution in [3.8, 4) is 0 Å². The van der Waals surface area contributed by atoms with Gasteiger partial charge < -0.3 is 5.32 Å². The number of nitrogens with one attached hydrogen (secondary N) is 2. The van der Waals surface area contributed by atoms with E-state index in [-0.39, 0.29) is 5.91 Å². The predicted octanol–water partition coefficient (Wildman–Crippen LogP) is 2.94. The number of nitrogens with zero attached hydrogens (tertiary/aromatic N) is 2. The molecule has 1 saturated heterocycles. The number of carbonyl (C=O) groups excluding carboxylic acids is 1. The Hall–Kier alpha value is -1.31. The zero-order chi connectivity index (χ0) is 14.8. The molecule has 0 saturated carbocycles. The fourth-order valence-electron chi connectivity index (χ4n) is 2.54. The molecule has 2 aromatic rings. The molecule has 21 heavy (non-hydrogen) atoms. The van der Waals surface area contributed by atoms with E-state index in [0.717, 1.165) is 35.8 Å². The van der Waals surface area contributed by atoms with Crippen LogP contribution in [0.15, 0.2) is 6.20 Å². The fourth-order valence-corrected chi connectivity index (χ4v) is 4.33. The minimum atomic E-state index is -0.164. The number of anilines is 1. The maximum Gasteiger partial charge on any atom is 0.277 e. The van der Waals surface area contributed by atoms with Crippen molar-refractivity contribution in [2.45, 2.75) is 32.6 Å². The Bertz CT molecular complexity index is 643. The van der Waals surface area contributed by atoms with Crippen molar-refractivity contribution >= 4 is 33.7 Å². The average Bonchev–Trinajstić information content (AvgIpc) is 3.06. The van der Waals surface area contributed by atoms with Gasteiger partial charge in [0.25, 0.3) is 5.91 Å². The molecule has 1 fully saturated rings. The lowest BCUT2D eigenvalue weighted by atomic mass is 9.97. The van der Waals surface area contributed by atoms with E-state index in [2.05, 4.69) is 20.6 Å². The largest absolute Gasteiger partial charge is 0.317 e. The lowest BCUT2D eigenvalue weighted by Crippen LogP contribution is -2.26. The molecule has 1 aliphatic heterocycles. The van der Waals surface area contributed by atoms with Gasteiger partial charge in [0, 0.05) is 16.0 Å². The molecule has 5 nitrogen and oxygen atoms in total. The van der Waals surface area contributed by atoms with Crippen molar-refractivity contribution in [2.75, 3.05) is 18.4 Å². The Balaban J connectivity index is 1.69. The fraction of sp³-hybridized carbons (Fsp3) is 0.500. The lowest BCUT2D eigenvalue weighted by molar-refractivity contribution is 0.102. The van der Waals surface area contributed by atoms with Gasteiger partial charge in [-0.2, -0.15) is 0 Å². The molecule has 0 spiro atoms. The summed E-state index contributed by atoms with van der Waals surface area (Å²) in [5.74, 6) is 0.403. The van der Waals surface area contributed by atoms with Gasteiger partial charge >= 0.3 is 0 Å². The monoisotopic (exact) mass is 322 g/mol. The van der Waals surface area contributed by atoms with Crippen LogP contribution >= 0.6 is 22.7 Å². The molecule has 0 aromatic carbocycles. The van der Waals surface area contributed by atoms with Crippen LogP contribution in [0.5, 0.6) is 0 Å². The minimum absolute atomic E-state index is 0.164. The standard InChI is InChI=1S/C14H18N4OS2/c1-8-12(17-9(2)20-8)13(19)18-14-16-7-11(21-14)10-3-5-15-6-4-10/h7,10,15H,3-6H2,1-2H3,(H,16,18,19). The van der Waals surface area contributed by atoms with Crippen LogP contribution < -0.4 is 10.6 Å². The Morgan fingerprint density at radius 3 is 2.76 bits per heavy atom. The molecular formula is C14H18N4OS2. The van der Waals surface area contributed by atoms with Crippen LogP contribution in [0.2, 0.25) is 0 Å². The highest BCUT2D eigenvalue weighted by Gasteiger charge is 2.19. The predicted molar refractivity (Wildman–Crippen MR) is 86.5 cm³/mol. The number of aryl methyl sites for hydroxylation is 2. The van der Waals surface area contributed by atoms with Crippen LogP contribution in [0.4, 0.5) is 5.13 Å². The molecule has 0 bridgehead atoms. The first-order valence-electron chi connectivity index (χ1n) is 7.05. The first kappa shape index (κ1) is 14.6. The summed E-state index contributed by atoms with van der Waals surface area (Å²) in [5.41, 5.74) is 0.510.